The Morgan fingerprint density at radius 1 is 1.62 bits per heavy atom. The van der Waals surface area contributed by atoms with E-state index in [1.165, 1.54) is 6.20 Å². The molecule has 0 bridgehead atoms. The van der Waals surface area contributed by atoms with Gasteiger partial charge in [-0.2, -0.15) is 0 Å². The average molecular weight is 219 g/mol. The minimum atomic E-state index is -0.940. The van der Waals surface area contributed by atoms with Crippen molar-refractivity contribution >= 4 is 34.9 Å². The van der Waals surface area contributed by atoms with Gasteiger partial charge in [0.05, 0.1) is 6.20 Å². The van der Waals surface area contributed by atoms with E-state index in [1.54, 1.807) is 0 Å². The summed E-state index contributed by atoms with van der Waals surface area (Å²) in [6, 6.07) is 0. The van der Waals surface area contributed by atoms with Gasteiger partial charge < -0.3 is 4.74 Å². The predicted octanol–water partition coefficient (Wildman–Crippen LogP) is 1.10. The van der Waals surface area contributed by atoms with Crippen molar-refractivity contribution in [1.29, 1.82) is 0 Å². The van der Waals surface area contributed by atoms with Gasteiger partial charge in [-0.05, 0) is 0 Å². The fourth-order valence-electron chi connectivity index (χ4n) is 0.907. The van der Waals surface area contributed by atoms with Gasteiger partial charge in [-0.15, -0.1) is 11.3 Å². The van der Waals surface area contributed by atoms with Gasteiger partial charge in [0.1, 0.15) is 9.34 Å². The molecule has 0 radical (unpaired) electrons. The van der Waals surface area contributed by atoms with Crippen molar-refractivity contribution in [2.24, 2.45) is 0 Å². The second-order valence-electron chi connectivity index (χ2n) is 2.28. The second-order valence-corrected chi connectivity index (χ2v) is 3.97. The lowest BCUT2D eigenvalue weighted by Gasteiger charge is -1.99. The van der Waals surface area contributed by atoms with Gasteiger partial charge in [0.25, 0.3) is 5.91 Å². The first-order valence-electron chi connectivity index (χ1n) is 3.29. The van der Waals surface area contributed by atoms with Crippen molar-refractivity contribution in [2.45, 2.75) is 6.10 Å². The molecule has 5 nitrogen and oxygen atoms in total. The Balaban J connectivity index is 2.27. The van der Waals surface area contributed by atoms with E-state index in [9.17, 15) is 9.59 Å². The molecule has 1 N–H and O–H groups in total. The van der Waals surface area contributed by atoms with Crippen molar-refractivity contribution in [1.82, 2.24) is 10.3 Å². The summed E-state index contributed by atoms with van der Waals surface area (Å²) < 4.78 is 5.11. The van der Waals surface area contributed by atoms with Crippen molar-refractivity contribution in [3.05, 3.63) is 15.5 Å². The standard InChI is InChI=1S/C6H3ClN2O3S/c7-2-1-8-5(13-2)3-4(10)9-6(11)12-3/h1,3H,(H,9,10,11). The number of carbonyl (C=O) groups is 2. The molecule has 2 amide bonds. The number of aromatic nitrogens is 1. The molecule has 7 heteroatoms. The molecule has 1 aromatic heterocycles. The normalized spacial score (nSPS) is 21.5. The molecule has 2 rings (SSSR count). The first-order chi connectivity index (χ1) is 6.16. The Labute approximate surface area is 81.7 Å². The number of thiazole rings is 1. The fourth-order valence-corrected chi connectivity index (χ4v) is 1.87. The van der Waals surface area contributed by atoms with E-state index in [1.807, 2.05) is 5.32 Å². The van der Waals surface area contributed by atoms with Crippen LogP contribution in [0, 0.1) is 0 Å². The number of hydrogen-bond acceptors (Lipinski definition) is 5. The van der Waals surface area contributed by atoms with Gasteiger partial charge in [0.15, 0.2) is 0 Å². The number of amides is 2. The molecule has 1 aliphatic rings. The number of cyclic esters (lactones) is 1. The Morgan fingerprint density at radius 3 is 2.85 bits per heavy atom. The molecule has 1 fully saturated rings. The van der Waals surface area contributed by atoms with E-state index >= 15 is 0 Å². The number of nitrogens with zero attached hydrogens (tertiary/aromatic N) is 1. The Kier molecular flexibility index (Phi) is 1.93. The molecule has 0 spiro atoms. The average Bonchev–Trinajstić information content (AvgIpc) is 2.58. The lowest BCUT2D eigenvalue weighted by atomic mass is 10.4. The van der Waals surface area contributed by atoms with Gasteiger partial charge in [-0.1, -0.05) is 11.6 Å². The first kappa shape index (κ1) is 8.46. The van der Waals surface area contributed by atoms with Crippen LogP contribution >= 0.6 is 22.9 Å². The summed E-state index contributed by atoms with van der Waals surface area (Å²) in [5, 5.41) is 2.38. The quantitative estimate of drug-likeness (QED) is 0.767. The number of hydrogen-bond donors (Lipinski definition) is 1. The smallest absolute Gasteiger partial charge is 0.415 e. The molecule has 0 saturated carbocycles. The molecule has 1 saturated heterocycles. The molecule has 1 aromatic rings. The third-order valence-corrected chi connectivity index (χ3v) is 2.57. The number of ether oxygens (including phenoxy) is 1. The SMILES string of the molecule is O=C1NC(=O)C(c2ncc(Cl)s2)O1. The van der Waals surface area contributed by atoms with Gasteiger partial charge in [0.2, 0.25) is 6.10 Å². The van der Waals surface area contributed by atoms with E-state index in [2.05, 4.69) is 9.72 Å². The third kappa shape index (κ3) is 1.50. The minimum absolute atomic E-state index is 0.383. The number of nitrogens with one attached hydrogen (secondary N) is 1. The van der Waals surface area contributed by atoms with E-state index < -0.39 is 18.1 Å². The van der Waals surface area contributed by atoms with Gasteiger partial charge >= 0.3 is 6.09 Å². The lowest BCUT2D eigenvalue weighted by molar-refractivity contribution is -0.123. The highest BCUT2D eigenvalue weighted by Gasteiger charge is 2.35. The van der Waals surface area contributed by atoms with Crippen LogP contribution < -0.4 is 5.32 Å². The lowest BCUT2D eigenvalue weighted by Crippen LogP contribution is -2.20. The molecule has 1 atom stereocenters. The zero-order valence-corrected chi connectivity index (χ0v) is 7.69. The highest BCUT2D eigenvalue weighted by molar-refractivity contribution is 7.16. The molecule has 2 heterocycles. The monoisotopic (exact) mass is 218 g/mol. The Morgan fingerprint density at radius 2 is 2.38 bits per heavy atom. The van der Waals surface area contributed by atoms with E-state index in [-0.39, 0.29) is 0 Å². The molecule has 68 valence electrons. The van der Waals surface area contributed by atoms with Crippen LogP contribution in [0.25, 0.3) is 0 Å². The van der Waals surface area contributed by atoms with E-state index in [0.717, 1.165) is 11.3 Å². The van der Waals surface area contributed by atoms with Crippen molar-refractivity contribution in [3.63, 3.8) is 0 Å². The summed E-state index contributed by atoms with van der Waals surface area (Å²) in [5.74, 6) is -0.504. The largest absolute Gasteiger partial charge is 0.428 e. The van der Waals surface area contributed by atoms with Crippen LogP contribution in [0.15, 0.2) is 6.20 Å². The van der Waals surface area contributed by atoms with Crippen LogP contribution in [0.5, 0.6) is 0 Å². The van der Waals surface area contributed by atoms with Crippen LogP contribution in [-0.4, -0.2) is 17.0 Å². The fraction of sp³-hybridized carbons (Fsp3) is 0.167. The maximum atomic E-state index is 11.1. The van der Waals surface area contributed by atoms with Gasteiger partial charge in [-0.3, -0.25) is 10.1 Å². The van der Waals surface area contributed by atoms with E-state index in [4.69, 9.17) is 11.6 Å². The predicted molar refractivity (Wildman–Crippen MR) is 44.5 cm³/mol. The van der Waals surface area contributed by atoms with Gasteiger partial charge in [0, 0.05) is 0 Å². The van der Waals surface area contributed by atoms with Crippen LogP contribution in [0.2, 0.25) is 4.34 Å². The highest BCUT2D eigenvalue weighted by Crippen LogP contribution is 2.28. The summed E-state index contributed by atoms with van der Waals surface area (Å²) >= 11 is 6.71. The minimum Gasteiger partial charge on any atom is -0.428 e. The Bertz CT molecular complexity index is 378. The number of carbonyl (C=O) groups excluding carboxylic acids is 2. The van der Waals surface area contributed by atoms with Crippen LogP contribution in [-0.2, 0) is 9.53 Å². The number of halogens is 1. The molecule has 0 aromatic carbocycles. The summed E-state index contributed by atoms with van der Waals surface area (Å²) in [6.45, 7) is 0. The van der Waals surface area contributed by atoms with Crippen molar-refractivity contribution in [2.75, 3.05) is 0 Å². The van der Waals surface area contributed by atoms with Crippen molar-refractivity contribution in [3.8, 4) is 0 Å². The molecule has 13 heavy (non-hydrogen) atoms. The van der Waals surface area contributed by atoms with E-state index in [0.29, 0.717) is 9.34 Å². The van der Waals surface area contributed by atoms with Crippen LogP contribution in [0.4, 0.5) is 4.79 Å². The molecule has 1 unspecified atom stereocenters. The summed E-state index contributed by atoms with van der Waals surface area (Å²) in [7, 11) is 0. The number of rotatable bonds is 1. The zero-order chi connectivity index (χ0) is 9.42. The van der Waals surface area contributed by atoms with Gasteiger partial charge in [-0.25, -0.2) is 9.78 Å². The zero-order valence-electron chi connectivity index (χ0n) is 6.11. The maximum Gasteiger partial charge on any atom is 0.415 e. The summed E-state index contributed by atoms with van der Waals surface area (Å²) in [4.78, 5) is 25.5. The topological polar surface area (TPSA) is 68.3 Å². The summed E-state index contributed by atoms with van der Waals surface area (Å²) in [5.41, 5.74) is 0. The van der Waals surface area contributed by atoms with Crippen LogP contribution in [0.1, 0.15) is 11.1 Å². The van der Waals surface area contributed by atoms with Crippen molar-refractivity contribution < 1.29 is 14.3 Å². The molecule has 1 aliphatic heterocycles. The Hall–Kier alpha value is -1.14. The molecular weight excluding hydrogens is 216 g/mol. The maximum absolute atomic E-state index is 11.1. The highest BCUT2D eigenvalue weighted by atomic mass is 35.5. The molecular formula is C6H3ClN2O3S. The molecule has 0 aliphatic carbocycles. The van der Waals surface area contributed by atoms with Crippen LogP contribution in [0.3, 0.4) is 0 Å². The third-order valence-electron chi connectivity index (χ3n) is 1.41. The number of alkyl carbamates (subject to hydrolysis) is 1. The number of imide groups is 1. The second kappa shape index (κ2) is 2.97. The summed E-state index contributed by atoms with van der Waals surface area (Å²) in [6.07, 6.45) is -0.285. The first-order valence-corrected chi connectivity index (χ1v) is 4.49.